The monoisotopic (exact) mass is 251 g/mol. The van der Waals surface area contributed by atoms with Crippen LogP contribution in [0.25, 0.3) is 0 Å². The molecule has 2 N–H and O–H groups in total. The second-order valence-electron chi connectivity index (χ2n) is 3.68. The number of aromatic nitrogens is 2. The Balaban J connectivity index is 2.14. The summed E-state index contributed by atoms with van der Waals surface area (Å²) in [6.07, 6.45) is 4.93. The fourth-order valence-electron chi connectivity index (χ4n) is 1.52. The minimum absolute atomic E-state index is 0.310. The molecule has 2 aromatic rings. The summed E-state index contributed by atoms with van der Waals surface area (Å²) in [5, 5.41) is 0.574. The summed E-state index contributed by atoms with van der Waals surface area (Å²) < 4.78 is 12.7. The predicted octanol–water partition coefficient (Wildman–Crippen LogP) is 2.51. The molecule has 3 nitrogen and oxygen atoms in total. The zero-order chi connectivity index (χ0) is 12.3. The molecule has 2 heterocycles. The van der Waals surface area contributed by atoms with Crippen molar-refractivity contribution in [3.8, 4) is 0 Å². The van der Waals surface area contributed by atoms with Crippen LogP contribution < -0.4 is 5.73 Å². The van der Waals surface area contributed by atoms with E-state index in [1.54, 1.807) is 18.5 Å². The van der Waals surface area contributed by atoms with Crippen molar-refractivity contribution in [3.63, 3.8) is 0 Å². The van der Waals surface area contributed by atoms with Gasteiger partial charge in [0.15, 0.2) is 0 Å². The lowest BCUT2D eigenvalue weighted by Gasteiger charge is -2.11. The molecule has 5 heteroatoms. The van der Waals surface area contributed by atoms with Gasteiger partial charge in [0.2, 0.25) is 0 Å². The molecule has 0 saturated heterocycles. The van der Waals surface area contributed by atoms with Gasteiger partial charge >= 0.3 is 0 Å². The van der Waals surface area contributed by atoms with E-state index in [-0.39, 0.29) is 11.9 Å². The highest BCUT2D eigenvalue weighted by atomic mass is 35.5. The first-order valence-corrected chi connectivity index (χ1v) is 5.50. The molecule has 0 radical (unpaired) electrons. The minimum Gasteiger partial charge on any atom is -0.322 e. The van der Waals surface area contributed by atoms with Crippen molar-refractivity contribution in [2.45, 2.75) is 12.5 Å². The van der Waals surface area contributed by atoms with E-state index in [9.17, 15) is 4.39 Å². The van der Waals surface area contributed by atoms with Crippen LogP contribution >= 0.6 is 11.6 Å². The molecule has 0 amide bonds. The number of pyridine rings is 2. The molecular formula is C12H11ClFN3. The van der Waals surface area contributed by atoms with Crippen LogP contribution in [0, 0.1) is 5.82 Å². The fourth-order valence-corrected chi connectivity index (χ4v) is 1.71. The molecule has 2 aromatic heterocycles. The summed E-state index contributed by atoms with van der Waals surface area (Å²) >= 11 is 5.98. The van der Waals surface area contributed by atoms with Crippen LogP contribution in [0.4, 0.5) is 4.39 Å². The van der Waals surface area contributed by atoms with Gasteiger partial charge in [0.25, 0.3) is 0 Å². The maximum atomic E-state index is 12.7. The minimum atomic E-state index is -0.372. The Morgan fingerprint density at radius 2 is 2.12 bits per heavy atom. The molecule has 0 spiro atoms. The van der Waals surface area contributed by atoms with Gasteiger partial charge in [0.05, 0.1) is 23.0 Å². The van der Waals surface area contributed by atoms with E-state index in [4.69, 9.17) is 17.3 Å². The second kappa shape index (κ2) is 5.21. The molecule has 0 aliphatic carbocycles. The van der Waals surface area contributed by atoms with Crippen LogP contribution in [0.1, 0.15) is 17.3 Å². The molecule has 0 saturated carbocycles. The lowest BCUT2D eigenvalue weighted by atomic mass is 10.0. The summed E-state index contributed by atoms with van der Waals surface area (Å²) in [4.78, 5) is 7.84. The lowest BCUT2D eigenvalue weighted by molar-refractivity contribution is 0.612. The van der Waals surface area contributed by atoms with Gasteiger partial charge in [-0.1, -0.05) is 11.6 Å². The SMILES string of the molecule is NC(Cc1ccncc1Cl)c1ccc(F)cn1. The second-order valence-corrected chi connectivity index (χ2v) is 4.09. The molecule has 0 bridgehead atoms. The smallest absolute Gasteiger partial charge is 0.141 e. The van der Waals surface area contributed by atoms with E-state index in [0.717, 1.165) is 11.8 Å². The predicted molar refractivity (Wildman–Crippen MR) is 64.1 cm³/mol. The maximum absolute atomic E-state index is 12.7. The van der Waals surface area contributed by atoms with Crippen LogP contribution in [0.2, 0.25) is 5.02 Å². The fraction of sp³-hybridized carbons (Fsp3) is 0.167. The van der Waals surface area contributed by atoms with Gasteiger partial charge < -0.3 is 5.73 Å². The molecule has 0 aromatic carbocycles. The standard InChI is InChI=1S/C12H11ClFN3/c13-10-7-16-4-3-8(10)5-11(15)12-2-1-9(14)6-17-12/h1-4,6-7,11H,5,15H2. The van der Waals surface area contributed by atoms with Crippen LogP contribution in [0.5, 0.6) is 0 Å². The first-order valence-electron chi connectivity index (χ1n) is 5.12. The number of nitrogens with zero attached hydrogens (tertiary/aromatic N) is 2. The average molecular weight is 252 g/mol. The van der Waals surface area contributed by atoms with Gasteiger partial charge in [-0.15, -0.1) is 0 Å². The molecule has 88 valence electrons. The van der Waals surface area contributed by atoms with E-state index in [0.29, 0.717) is 17.1 Å². The largest absolute Gasteiger partial charge is 0.322 e. The Morgan fingerprint density at radius 3 is 2.76 bits per heavy atom. The van der Waals surface area contributed by atoms with Gasteiger partial charge in [-0.25, -0.2) is 4.39 Å². The Hall–Kier alpha value is -1.52. The average Bonchev–Trinajstić information content (AvgIpc) is 2.33. The van der Waals surface area contributed by atoms with E-state index in [2.05, 4.69) is 9.97 Å². The Bertz CT molecular complexity index is 501. The molecule has 0 aliphatic heterocycles. The summed E-state index contributed by atoms with van der Waals surface area (Å²) in [5.74, 6) is -0.372. The van der Waals surface area contributed by atoms with Gasteiger partial charge in [-0.2, -0.15) is 0 Å². The number of hydrogen-bond acceptors (Lipinski definition) is 3. The molecule has 1 unspecified atom stereocenters. The summed E-state index contributed by atoms with van der Waals surface area (Å²) in [5.41, 5.74) is 7.52. The van der Waals surface area contributed by atoms with Crippen LogP contribution in [0.3, 0.4) is 0 Å². The van der Waals surface area contributed by atoms with Gasteiger partial charge in [-0.05, 0) is 30.2 Å². The molecule has 2 rings (SSSR count). The maximum Gasteiger partial charge on any atom is 0.141 e. The lowest BCUT2D eigenvalue weighted by Crippen LogP contribution is -2.15. The third-order valence-electron chi connectivity index (χ3n) is 2.43. The first kappa shape index (κ1) is 12.0. The van der Waals surface area contributed by atoms with Crippen molar-refractivity contribution < 1.29 is 4.39 Å². The molecule has 1 atom stereocenters. The van der Waals surface area contributed by atoms with E-state index < -0.39 is 0 Å². The summed E-state index contributed by atoms with van der Waals surface area (Å²) in [6, 6.07) is 4.42. The zero-order valence-electron chi connectivity index (χ0n) is 8.98. The van der Waals surface area contributed by atoms with Crippen molar-refractivity contribution in [1.29, 1.82) is 0 Å². The third kappa shape index (κ3) is 2.99. The van der Waals surface area contributed by atoms with Crippen molar-refractivity contribution in [3.05, 3.63) is 58.9 Å². The zero-order valence-corrected chi connectivity index (χ0v) is 9.73. The Kier molecular flexibility index (Phi) is 3.66. The van der Waals surface area contributed by atoms with Crippen LogP contribution in [-0.4, -0.2) is 9.97 Å². The van der Waals surface area contributed by atoms with Gasteiger partial charge in [0, 0.05) is 12.4 Å². The van der Waals surface area contributed by atoms with Crippen LogP contribution in [-0.2, 0) is 6.42 Å². The molecular weight excluding hydrogens is 241 g/mol. The number of nitrogens with two attached hydrogens (primary N) is 1. The van der Waals surface area contributed by atoms with Crippen molar-refractivity contribution in [1.82, 2.24) is 9.97 Å². The van der Waals surface area contributed by atoms with Gasteiger partial charge in [-0.3, -0.25) is 9.97 Å². The number of hydrogen-bond donors (Lipinski definition) is 1. The highest BCUT2D eigenvalue weighted by molar-refractivity contribution is 6.31. The van der Waals surface area contributed by atoms with Gasteiger partial charge in [0.1, 0.15) is 5.82 Å². The normalized spacial score (nSPS) is 12.4. The Labute approximate surface area is 103 Å². The molecule has 17 heavy (non-hydrogen) atoms. The first-order chi connectivity index (χ1) is 8.16. The topological polar surface area (TPSA) is 51.8 Å². The van der Waals surface area contributed by atoms with Crippen LogP contribution in [0.15, 0.2) is 36.8 Å². The molecule has 0 fully saturated rings. The molecule has 0 aliphatic rings. The number of rotatable bonds is 3. The third-order valence-corrected chi connectivity index (χ3v) is 2.77. The summed E-state index contributed by atoms with van der Waals surface area (Å²) in [6.45, 7) is 0. The highest BCUT2D eigenvalue weighted by Crippen LogP contribution is 2.20. The van der Waals surface area contributed by atoms with E-state index in [1.165, 1.54) is 6.07 Å². The Morgan fingerprint density at radius 1 is 1.29 bits per heavy atom. The van der Waals surface area contributed by atoms with E-state index in [1.807, 2.05) is 6.07 Å². The van der Waals surface area contributed by atoms with E-state index >= 15 is 0 Å². The van der Waals surface area contributed by atoms with Crippen molar-refractivity contribution in [2.24, 2.45) is 5.73 Å². The highest BCUT2D eigenvalue weighted by Gasteiger charge is 2.10. The van der Waals surface area contributed by atoms with Crippen molar-refractivity contribution in [2.75, 3.05) is 0 Å². The van der Waals surface area contributed by atoms with Crippen molar-refractivity contribution >= 4 is 11.6 Å². The number of halogens is 2. The quantitative estimate of drug-likeness (QED) is 0.912. The summed E-state index contributed by atoms with van der Waals surface area (Å²) in [7, 11) is 0.